The van der Waals surface area contributed by atoms with Crippen molar-refractivity contribution in [3.8, 4) is 0 Å². The third-order valence-corrected chi connectivity index (χ3v) is 5.54. The highest BCUT2D eigenvalue weighted by molar-refractivity contribution is 14.1. The Labute approximate surface area is 127 Å². The maximum atomic E-state index is 12.7. The van der Waals surface area contributed by atoms with E-state index in [0.717, 1.165) is 4.43 Å². The van der Waals surface area contributed by atoms with E-state index in [1.165, 1.54) is 4.90 Å². The number of amides is 2. The molecule has 0 unspecified atom stereocenters. The second kappa shape index (κ2) is 5.20. The van der Waals surface area contributed by atoms with Crippen molar-refractivity contribution in [1.29, 1.82) is 0 Å². The van der Waals surface area contributed by atoms with Crippen LogP contribution in [0.25, 0.3) is 0 Å². The largest absolute Gasteiger partial charge is 0.447 e. The molecule has 2 aliphatic heterocycles. The van der Waals surface area contributed by atoms with Gasteiger partial charge in [-0.05, 0) is 19.8 Å². The summed E-state index contributed by atoms with van der Waals surface area (Å²) in [6.45, 7) is 8.08. The van der Waals surface area contributed by atoms with Crippen LogP contribution in [0, 0.1) is 11.8 Å². The predicted molar refractivity (Wildman–Crippen MR) is 78.1 cm³/mol. The third-order valence-electron chi connectivity index (χ3n) is 4.03. The first kappa shape index (κ1) is 15.0. The number of carbonyl (C=O) groups excluding carboxylic acids is 2. The fraction of sp³-hybridized carbons (Fsp3) is 0.846. The van der Waals surface area contributed by atoms with Crippen LogP contribution in [0.3, 0.4) is 0 Å². The Morgan fingerprint density at radius 1 is 1.58 bits per heavy atom. The zero-order valence-corrected chi connectivity index (χ0v) is 13.8. The first-order valence-corrected chi connectivity index (χ1v) is 8.08. The lowest BCUT2D eigenvalue weighted by Gasteiger charge is -2.51. The Morgan fingerprint density at radius 2 is 2.21 bits per heavy atom. The first-order valence-electron chi connectivity index (χ1n) is 6.55. The molecule has 0 N–H and O–H groups in total. The van der Waals surface area contributed by atoms with E-state index in [9.17, 15) is 9.59 Å². The molecule has 0 spiro atoms. The van der Waals surface area contributed by atoms with Crippen LogP contribution in [0.5, 0.6) is 0 Å². The monoisotopic (exact) mass is 381 g/mol. The second-order valence-electron chi connectivity index (χ2n) is 5.84. The molecule has 2 heterocycles. The van der Waals surface area contributed by atoms with Gasteiger partial charge in [-0.3, -0.25) is 4.79 Å². The third kappa shape index (κ3) is 2.37. The molecule has 0 aromatic rings. The van der Waals surface area contributed by atoms with Gasteiger partial charge in [-0.15, -0.1) is 0 Å². The highest BCUT2D eigenvalue weighted by atomic mass is 127. The molecule has 0 aliphatic carbocycles. The van der Waals surface area contributed by atoms with E-state index in [2.05, 4.69) is 22.6 Å². The van der Waals surface area contributed by atoms with Crippen molar-refractivity contribution in [3.05, 3.63) is 0 Å². The van der Waals surface area contributed by atoms with Gasteiger partial charge in [0, 0.05) is 4.43 Å². The zero-order valence-electron chi connectivity index (χ0n) is 11.7. The zero-order chi connectivity index (χ0) is 14.4. The highest BCUT2D eigenvalue weighted by Crippen LogP contribution is 2.42. The molecular weight excluding hydrogens is 361 g/mol. The lowest BCUT2D eigenvalue weighted by molar-refractivity contribution is -0.230. The molecular formula is C13H20INO4. The Hall–Kier alpha value is -0.370. The average molecular weight is 381 g/mol. The van der Waals surface area contributed by atoms with Gasteiger partial charge in [-0.1, -0.05) is 36.4 Å². The Morgan fingerprint density at radius 3 is 2.68 bits per heavy atom. The molecule has 19 heavy (non-hydrogen) atoms. The predicted octanol–water partition coefficient (Wildman–Crippen LogP) is 2.22. The molecule has 0 bridgehead atoms. The normalized spacial score (nSPS) is 38.3. The number of carbonyl (C=O) groups is 2. The Balaban J connectivity index is 2.21. The van der Waals surface area contributed by atoms with E-state index >= 15 is 0 Å². The summed E-state index contributed by atoms with van der Waals surface area (Å²) in [5.41, 5.74) is -0.471. The molecule has 2 aliphatic rings. The van der Waals surface area contributed by atoms with Gasteiger partial charge in [-0.25, -0.2) is 9.69 Å². The van der Waals surface area contributed by atoms with Crippen LogP contribution in [0.15, 0.2) is 0 Å². The van der Waals surface area contributed by atoms with Crippen molar-refractivity contribution >= 4 is 34.6 Å². The summed E-state index contributed by atoms with van der Waals surface area (Å²) in [6, 6.07) is -0.161. The quantitative estimate of drug-likeness (QED) is 0.556. The molecule has 2 amide bonds. The standard InChI is InChI=1S/C13H20INO4/c1-7(2)9-5-18-12(17)15(9)11(16)10-8(3)19-13(10,4)6-14/h7-10H,5-6H2,1-4H3/t8-,9-,10+,13-/m1/s1. The maximum absolute atomic E-state index is 12.7. The van der Waals surface area contributed by atoms with Gasteiger partial charge in [0.2, 0.25) is 5.91 Å². The molecule has 4 atom stereocenters. The molecule has 0 radical (unpaired) electrons. The van der Waals surface area contributed by atoms with Crippen LogP contribution in [-0.2, 0) is 14.3 Å². The average Bonchev–Trinajstić information content (AvgIpc) is 2.70. The fourth-order valence-corrected chi connectivity index (χ4v) is 3.55. The number of hydrogen-bond acceptors (Lipinski definition) is 4. The molecule has 0 aromatic carbocycles. The van der Waals surface area contributed by atoms with Gasteiger partial charge < -0.3 is 9.47 Å². The smallest absolute Gasteiger partial charge is 0.416 e. The molecule has 5 nitrogen and oxygen atoms in total. The van der Waals surface area contributed by atoms with E-state index < -0.39 is 11.7 Å². The number of cyclic esters (lactones) is 1. The molecule has 108 valence electrons. The number of alkyl halides is 1. The summed E-state index contributed by atoms with van der Waals surface area (Å²) < 4.78 is 11.5. The van der Waals surface area contributed by atoms with Crippen molar-refractivity contribution in [1.82, 2.24) is 4.90 Å². The maximum Gasteiger partial charge on any atom is 0.416 e. The topological polar surface area (TPSA) is 55.8 Å². The summed E-state index contributed by atoms with van der Waals surface area (Å²) >= 11 is 2.22. The second-order valence-corrected chi connectivity index (χ2v) is 6.61. The van der Waals surface area contributed by atoms with E-state index in [4.69, 9.17) is 9.47 Å². The van der Waals surface area contributed by atoms with Gasteiger partial charge in [-0.2, -0.15) is 0 Å². The van der Waals surface area contributed by atoms with Gasteiger partial charge in [0.05, 0.1) is 23.7 Å². The molecule has 2 fully saturated rings. The van der Waals surface area contributed by atoms with Crippen LogP contribution < -0.4 is 0 Å². The highest BCUT2D eigenvalue weighted by Gasteiger charge is 2.57. The number of ether oxygens (including phenoxy) is 2. The number of halogens is 1. The van der Waals surface area contributed by atoms with Crippen molar-refractivity contribution in [2.45, 2.75) is 45.4 Å². The summed E-state index contributed by atoms with van der Waals surface area (Å²) in [7, 11) is 0. The number of imide groups is 1. The SMILES string of the molecule is CC(C)[C@H]1COC(=O)N1C(=O)[C@@H]1[C@@H](C)O[C@]1(C)CI. The van der Waals surface area contributed by atoms with Crippen molar-refractivity contribution in [2.75, 3.05) is 11.0 Å². The van der Waals surface area contributed by atoms with Crippen molar-refractivity contribution in [3.63, 3.8) is 0 Å². The van der Waals surface area contributed by atoms with E-state index in [-0.39, 0.29) is 29.9 Å². The Bertz CT molecular complexity index is 400. The van der Waals surface area contributed by atoms with E-state index in [1.54, 1.807) is 0 Å². The lowest BCUT2D eigenvalue weighted by Crippen LogP contribution is -2.65. The summed E-state index contributed by atoms with van der Waals surface area (Å²) in [6.07, 6.45) is -0.660. The first-order chi connectivity index (χ1) is 8.81. The number of nitrogens with zero attached hydrogens (tertiary/aromatic N) is 1. The van der Waals surface area contributed by atoms with Crippen molar-refractivity contribution < 1.29 is 19.1 Å². The minimum atomic E-state index is -0.515. The lowest BCUT2D eigenvalue weighted by atomic mass is 9.78. The van der Waals surface area contributed by atoms with Gasteiger partial charge in [0.15, 0.2) is 0 Å². The molecule has 0 aromatic heterocycles. The molecule has 2 rings (SSSR count). The van der Waals surface area contributed by atoms with Crippen LogP contribution >= 0.6 is 22.6 Å². The Kier molecular flexibility index (Phi) is 4.11. The summed E-state index contributed by atoms with van der Waals surface area (Å²) in [5.74, 6) is -0.229. The van der Waals surface area contributed by atoms with Gasteiger partial charge in [0.1, 0.15) is 6.61 Å². The number of rotatable bonds is 3. The van der Waals surface area contributed by atoms with E-state index in [0.29, 0.717) is 6.61 Å². The van der Waals surface area contributed by atoms with Crippen LogP contribution in [0.4, 0.5) is 4.79 Å². The van der Waals surface area contributed by atoms with Crippen LogP contribution in [0.1, 0.15) is 27.7 Å². The minimum Gasteiger partial charge on any atom is -0.447 e. The van der Waals surface area contributed by atoms with E-state index in [1.807, 2.05) is 27.7 Å². The summed E-state index contributed by atoms with van der Waals surface area (Å²) in [5, 5.41) is 0. The van der Waals surface area contributed by atoms with Gasteiger partial charge in [0.25, 0.3) is 0 Å². The van der Waals surface area contributed by atoms with Gasteiger partial charge >= 0.3 is 6.09 Å². The number of hydrogen-bond donors (Lipinski definition) is 0. The van der Waals surface area contributed by atoms with Crippen molar-refractivity contribution in [2.24, 2.45) is 11.8 Å². The summed E-state index contributed by atoms with van der Waals surface area (Å²) in [4.78, 5) is 25.8. The molecule has 0 saturated carbocycles. The molecule has 6 heteroatoms. The minimum absolute atomic E-state index is 0.145. The van der Waals surface area contributed by atoms with Crippen LogP contribution in [0.2, 0.25) is 0 Å². The van der Waals surface area contributed by atoms with Crippen LogP contribution in [-0.4, -0.2) is 45.7 Å². The molecule has 2 saturated heterocycles. The fourth-order valence-electron chi connectivity index (χ4n) is 2.90.